The molecule has 26 heavy (non-hydrogen) atoms. The average molecular weight is 368 g/mol. The zero-order chi connectivity index (χ0) is 20.8. The van der Waals surface area contributed by atoms with Crippen LogP contribution in [0.3, 0.4) is 0 Å². The minimum Gasteiger partial charge on any atom is -0.462 e. The van der Waals surface area contributed by atoms with E-state index in [2.05, 4.69) is 53.1 Å². The van der Waals surface area contributed by atoms with Crippen molar-refractivity contribution in [3.8, 4) is 0 Å². The van der Waals surface area contributed by atoms with Crippen LogP contribution in [0.4, 0.5) is 0 Å². The molecule has 0 aromatic heterocycles. The van der Waals surface area contributed by atoms with Crippen molar-refractivity contribution in [2.45, 2.75) is 86.1 Å². The van der Waals surface area contributed by atoms with Crippen LogP contribution < -0.4 is 5.32 Å². The standard InChI is InChI=1S/C11H21NO.C11H20O2/c1-7-9(13)12-11(5,6)8-10(2,3)4;1-4-7-8-10(5-2)9-13-11(12)6-3/h7H,1,8H2,2-6H3,(H,12,13);6,10H,3-5,7-9H2,1-2H3. The first-order valence-electron chi connectivity index (χ1n) is 9.64. The molecule has 0 saturated heterocycles. The van der Waals surface area contributed by atoms with Crippen molar-refractivity contribution >= 4 is 11.9 Å². The summed E-state index contributed by atoms with van der Waals surface area (Å²) in [6.45, 7) is 22.2. The molecule has 1 atom stereocenters. The first-order valence-corrected chi connectivity index (χ1v) is 9.64. The molecule has 4 nitrogen and oxygen atoms in total. The Balaban J connectivity index is 0. The van der Waals surface area contributed by atoms with Crippen LogP contribution in [0.1, 0.15) is 80.6 Å². The van der Waals surface area contributed by atoms with Crippen molar-refractivity contribution in [2.24, 2.45) is 11.3 Å². The number of esters is 1. The molecule has 0 aromatic rings. The van der Waals surface area contributed by atoms with Crippen LogP contribution in [-0.2, 0) is 14.3 Å². The lowest BCUT2D eigenvalue weighted by Crippen LogP contribution is -2.45. The van der Waals surface area contributed by atoms with Crippen molar-refractivity contribution < 1.29 is 14.3 Å². The first kappa shape index (κ1) is 26.6. The Morgan fingerprint density at radius 2 is 1.65 bits per heavy atom. The van der Waals surface area contributed by atoms with E-state index in [1.807, 2.05) is 13.8 Å². The van der Waals surface area contributed by atoms with Gasteiger partial charge < -0.3 is 10.1 Å². The minimum absolute atomic E-state index is 0.103. The molecule has 1 N–H and O–H groups in total. The van der Waals surface area contributed by atoms with E-state index in [9.17, 15) is 9.59 Å². The second-order valence-corrected chi connectivity index (χ2v) is 8.57. The van der Waals surface area contributed by atoms with E-state index in [1.165, 1.54) is 25.0 Å². The zero-order valence-electron chi connectivity index (χ0n) is 18.1. The Bertz CT molecular complexity index is 433. The second kappa shape index (κ2) is 13.6. The number of amides is 1. The summed E-state index contributed by atoms with van der Waals surface area (Å²) in [6.07, 6.45) is 8.11. The van der Waals surface area contributed by atoms with Gasteiger partial charge in [0.1, 0.15) is 0 Å². The smallest absolute Gasteiger partial charge is 0.330 e. The number of hydrogen-bond donors (Lipinski definition) is 1. The fraction of sp³-hybridized carbons (Fsp3) is 0.727. The number of carbonyl (C=O) groups is 2. The summed E-state index contributed by atoms with van der Waals surface area (Å²) in [5.74, 6) is 0.105. The quantitative estimate of drug-likeness (QED) is 0.413. The fourth-order valence-corrected chi connectivity index (χ4v) is 2.91. The molecule has 1 unspecified atom stereocenters. The van der Waals surface area contributed by atoms with Crippen LogP contribution >= 0.6 is 0 Å². The number of carbonyl (C=O) groups excluding carboxylic acids is 2. The van der Waals surface area contributed by atoms with Crippen molar-refractivity contribution in [1.29, 1.82) is 0 Å². The third-order valence-electron chi connectivity index (χ3n) is 3.79. The maximum atomic E-state index is 11.1. The van der Waals surface area contributed by atoms with Crippen LogP contribution in [-0.4, -0.2) is 24.0 Å². The van der Waals surface area contributed by atoms with Gasteiger partial charge in [-0.15, -0.1) is 0 Å². The molecule has 0 heterocycles. The molecule has 0 rings (SSSR count). The molecule has 0 bridgehead atoms. The Labute approximate surface area is 161 Å². The van der Waals surface area contributed by atoms with Crippen molar-refractivity contribution in [1.82, 2.24) is 5.32 Å². The maximum Gasteiger partial charge on any atom is 0.330 e. The highest BCUT2D eigenvalue weighted by Crippen LogP contribution is 2.26. The van der Waals surface area contributed by atoms with Gasteiger partial charge in [-0.3, -0.25) is 4.79 Å². The lowest BCUT2D eigenvalue weighted by atomic mass is 9.82. The van der Waals surface area contributed by atoms with Crippen LogP contribution in [0.5, 0.6) is 0 Å². The molecule has 0 radical (unpaired) electrons. The predicted molar refractivity (Wildman–Crippen MR) is 111 cm³/mol. The second-order valence-electron chi connectivity index (χ2n) is 8.57. The van der Waals surface area contributed by atoms with Crippen molar-refractivity contribution in [3.05, 3.63) is 25.3 Å². The topological polar surface area (TPSA) is 55.4 Å². The summed E-state index contributed by atoms with van der Waals surface area (Å²) in [4.78, 5) is 21.8. The van der Waals surface area contributed by atoms with Gasteiger partial charge in [0.2, 0.25) is 5.91 Å². The van der Waals surface area contributed by atoms with Gasteiger partial charge in [0.15, 0.2) is 0 Å². The third-order valence-corrected chi connectivity index (χ3v) is 3.79. The van der Waals surface area contributed by atoms with E-state index in [0.717, 1.165) is 19.3 Å². The van der Waals surface area contributed by atoms with Gasteiger partial charge in [-0.2, -0.15) is 0 Å². The fourth-order valence-electron chi connectivity index (χ4n) is 2.91. The lowest BCUT2D eigenvalue weighted by molar-refractivity contribution is -0.139. The zero-order valence-corrected chi connectivity index (χ0v) is 18.1. The van der Waals surface area contributed by atoms with Crippen LogP contribution in [0, 0.1) is 11.3 Å². The molecular weight excluding hydrogens is 326 g/mol. The molecular formula is C22H41NO3. The molecule has 0 aliphatic heterocycles. The number of rotatable bonds is 10. The minimum atomic E-state index is -0.310. The summed E-state index contributed by atoms with van der Waals surface area (Å²) in [7, 11) is 0. The van der Waals surface area contributed by atoms with Crippen LogP contribution in [0.15, 0.2) is 25.3 Å². The molecule has 0 aliphatic rings. The average Bonchev–Trinajstić information content (AvgIpc) is 2.52. The largest absolute Gasteiger partial charge is 0.462 e. The van der Waals surface area contributed by atoms with Gasteiger partial charge in [-0.25, -0.2) is 4.79 Å². The SMILES string of the molecule is C=CC(=O)NC(C)(C)CC(C)(C)C.C=CC(=O)OCC(CC)CCCC. The van der Waals surface area contributed by atoms with E-state index < -0.39 is 0 Å². The van der Waals surface area contributed by atoms with Gasteiger partial charge in [0.05, 0.1) is 6.61 Å². The first-order chi connectivity index (χ1) is 11.9. The highest BCUT2D eigenvalue weighted by Gasteiger charge is 2.26. The van der Waals surface area contributed by atoms with Crippen LogP contribution in [0.2, 0.25) is 0 Å². The van der Waals surface area contributed by atoms with Gasteiger partial charge in [0.25, 0.3) is 0 Å². The van der Waals surface area contributed by atoms with Crippen molar-refractivity contribution in [3.63, 3.8) is 0 Å². The van der Waals surface area contributed by atoms with Crippen molar-refractivity contribution in [2.75, 3.05) is 6.61 Å². The van der Waals surface area contributed by atoms with Gasteiger partial charge in [-0.05, 0) is 44.1 Å². The lowest BCUT2D eigenvalue weighted by Gasteiger charge is -2.32. The highest BCUT2D eigenvalue weighted by molar-refractivity contribution is 5.87. The van der Waals surface area contributed by atoms with E-state index in [-0.39, 0.29) is 22.8 Å². The van der Waals surface area contributed by atoms with Crippen LogP contribution in [0.25, 0.3) is 0 Å². The number of hydrogen-bond acceptors (Lipinski definition) is 3. The number of nitrogens with one attached hydrogen (secondary N) is 1. The third kappa shape index (κ3) is 17.2. The predicted octanol–water partition coefficient (Wildman–Crippen LogP) is 5.44. The molecule has 1 amide bonds. The molecule has 0 saturated carbocycles. The Morgan fingerprint density at radius 1 is 1.08 bits per heavy atom. The highest BCUT2D eigenvalue weighted by atomic mass is 16.5. The molecule has 152 valence electrons. The molecule has 4 heteroatoms. The summed E-state index contributed by atoms with van der Waals surface area (Å²) >= 11 is 0. The van der Waals surface area contributed by atoms with E-state index in [0.29, 0.717) is 12.5 Å². The molecule has 0 spiro atoms. The normalized spacial score (nSPS) is 12.3. The van der Waals surface area contributed by atoms with E-state index in [4.69, 9.17) is 4.74 Å². The summed E-state index contributed by atoms with van der Waals surface area (Å²) < 4.78 is 4.98. The van der Waals surface area contributed by atoms with Gasteiger partial charge >= 0.3 is 5.97 Å². The maximum absolute atomic E-state index is 11.1. The Morgan fingerprint density at radius 3 is 2.04 bits per heavy atom. The molecule has 0 aromatic carbocycles. The monoisotopic (exact) mass is 367 g/mol. The Hall–Kier alpha value is -1.58. The number of unbranched alkanes of at least 4 members (excludes halogenated alkanes) is 1. The molecule has 0 aliphatic carbocycles. The Kier molecular flexibility index (Phi) is 13.9. The van der Waals surface area contributed by atoms with Gasteiger partial charge in [0, 0.05) is 11.6 Å². The summed E-state index contributed by atoms with van der Waals surface area (Å²) in [5.41, 5.74) is 0.0570. The summed E-state index contributed by atoms with van der Waals surface area (Å²) in [6, 6.07) is 0. The van der Waals surface area contributed by atoms with E-state index >= 15 is 0 Å². The molecule has 0 fully saturated rings. The van der Waals surface area contributed by atoms with Gasteiger partial charge in [-0.1, -0.05) is 67.0 Å². The number of ether oxygens (including phenoxy) is 1. The summed E-state index contributed by atoms with van der Waals surface area (Å²) in [5, 5.41) is 2.91. The van der Waals surface area contributed by atoms with E-state index in [1.54, 1.807) is 0 Å².